The Hall–Kier alpha value is -2.59. The van der Waals surface area contributed by atoms with Crippen LogP contribution in [0.3, 0.4) is 0 Å². The molecule has 2 bridgehead atoms. The molecule has 4 nitrogen and oxygen atoms in total. The molecule has 4 rings (SSSR count). The molecule has 29 heavy (non-hydrogen) atoms. The van der Waals surface area contributed by atoms with Crippen LogP contribution in [-0.2, 0) is 22.5 Å². The molecular formula is C25H29NO3. The average molecular weight is 392 g/mol. The van der Waals surface area contributed by atoms with Crippen LogP contribution in [0.25, 0.3) is 5.57 Å². The van der Waals surface area contributed by atoms with Gasteiger partial charge in [-0.15, -0.1) is 0 Å². The quantitative estimate of drug-likeness (QED) is 0.714. The molecule has 1 saturated heterocycles. The molecule has 0 aromatic heterocycles. The summed E-state index contributed by atoms with van der Waals surface area (Å²) in [5.41, 5.74) is 4.91. The highest BCUT2D eigenvalue weighted by molar-refractivity contribution is 5.74. The number of fused-ring (bicyclic) bond motifs is 2. The van der Waals surface area contributed by atoms with Crippen molar-refractivity contribution >= 4 is 11.7 Å². The molecule has 2 unspecified atom stereocenters. The van der Waals surface area contributed by atoms with E-state index in [1.165, 1.54) is 16.7 Å². The molecule has 2 aromatic carbocycles. The number of amides is 1. The lowest BCUT2D eigenvalue weighted by atomic mass is 9.89. The van der Waals surface area contributed by atoms with Crippen molar-refractivity contribution in [2.45, 2.75) is 45.4 Å². The third kappa shape index (κ3) is 4.70. The van der Waals surface area contributed by atoms with Crippen LogP contribution in [0.2, 0.25) is 0 Å². The Kier molecular flexibility index (Phi) is 6.00. The first-order valence-corrected chi connectivity index (χ1v) is 10.5. The minimum Gasteiger partial charge on any atom is -0.445 e. The van der Waals surface area contributed by atoms with Crippen LogP contribution in [0.1, 0.15) is 37.0 Å². The van der Waals surface area contributed by atoms with E-state index in [9.17, 15) is 4.79 Å². The lowest BCUT2D eigenvalue weighted by Crippen LogP contribution is -2.56. The maximum Gasteiger partial charge on any atom is 0.411 e. The van der Waals surface area contributed by atoms with Gasteiger partial charge in [0.15, 0.2) is 0 Å². The van der Waals surface area contributed by atoms with E-state index in [2.05, 4.69) is 44.2 Å². The van der Waals surface area contributed by atoms with E-state index in [4.69, 9.17) is 9.47 Å². The van der Waals surface area contributed by atoms with Crippen molar-refractivity contribution < 1.29 is 14.3 Å². The topological polar surface area (TPSA) is 38.8 Å². The van der Waals surface area contributed by atoms with Crippen molar-refractivity contribution in [3.8, 4) is 0 Å². The van der Waals surface area contributed by atoms with E-state index in [0.29, 0.717) is 25.7 Å². The number of hydrogen-bond donors (Lipinski definition) is 0. The van der Waals surface area contributed by atoms with Gasteiger partial charge in [-0.2, -0.15) is 0 Å². The number of ether oxygens (including phenoxy) is 2. The predicted octanol–water partition coefficient (Wildman–Crippen LogP) is 5.08. The van der Waals surface area contributed by atoms with Gasteiger partial charge in [0.25, 0.3) is 0 Å². The van der Waals surface area contributed by atoms with Gasteiger partial charge in [-0.3, -0.25) is 4.90 Å². The largest absolute Gasteiger partial charge is 0.445 e. The fourth-order valence-electron chi connectivity index (χ4n) is 4.21. The van der Waals surface area contributed by atoms with E-state index in [-0.39, 0.29) is 18.2 Å². The Morgan fingerprint density at radius 1 is 1.07 bits per heavy atom. The standard InChI is InChI=1S/C25H29NO3/c1-18(2)12-19-8-10-21(11-9-19)22-13-23-16-28-17-24(14-22)26(23)25(27)29-15-20-6-4-3-5-7-20/h3-11,13,18,23-24H,12,14-17H2,1-2H3. The molecule has 0 aliphatic carbocycles. The van der Waals surface area contributed by atoms with Crippen molar-refractivity contribution in [1.82, 2.24) is 4.90 Å². The van der Waals surface area contributed by atoms with E-state index in [0.717, 1.165) is 18.4 Å². The van der Waals surface area contributed by atoms with Gasteiger partial charge in [0.2, 0.25) is 0 Å². The monoisotopic (exact) mass is 391 g/mol. The van der Waals surface area contributed by atoms with Crippen LogP contribution >= 0.6 is 0 Å². The highest BCUT2D eigenvalue weighted by Crippen LogP contribution is 2.33. The molecule has 0 radical (unpaired) electrons. The van der Waals surface area contributed by atoms with Crippen molar-refractivity contribution in [3.63, 3.8) is 0 Å². The van der Waals surface area contributed by atoms with Gasteiger partial charge in [0.1, 0.15) is 6.61 Å². The highest BCUT2D eigenvalue weighted by atomic mass is 16.6. The first-order chi connectivity index (χ1) is 14.1. The molecular weight excluding hydrogens is 362 g/mol. The van der Waals surface area contributed by atoms with Crippen LogP contribution in [0, 0.1) is 5.92 Å². The summed E-state index contributed by atoms with van der Waals surface area (Å²) in [5, 5.41) is 0. The van der Waals surface area contributed by atoms with Gasteiger partial charge in [0, 0.05) is 0 Å². The molecule has 0 saturated carbocycles. The second-order valence-corrected chi connectivity index (χ2v) is 8.40. The zero-order valence-electron chi connectivity index (χ0n) is 17.2. The van der Waals surface area contributed by atoms with Crippen molar-refractivity contribution in [1.29, 1.82) is 0 Å². The average Bonchev–Trinajstić information content (AvgIpc) is 2.72. The number of morpholine rings is 1. The van der Waals surface area contributed by atoms with Crippen molar-refractivity contribution in [2.75, 3.05) is 13.2 Å². The summed E-state index contributed by atoms with van der Waals surface area (Å²) in [5.74, 6) is 0.654. The molecule has 2 aliphatic heterocycles. The van der Waals surface area contributed by atoms with Crippen LogP contribution in [-0.4, -0.2) is 36.3 Å². The summed E-state index contributed by atoms with van der Waals surface area (Å²) < 4.78 is 11.3. The highest BCUT2D eigenvalue weighted by Gasteiger charge is 2.39. The minimum absolute atomic E-state index is 0.0207. The number of carbonyl (C=O) groups excluding carboxylic acids is 1. The van der Waals surface area contributed by atoms with Gasteiger partial charge in [0.05, 0.1) is 25.3 Å². The van der Waals surface area contributed by atoms with Gasteiger partial charge in [-0.05, 0) is 41.0 Å². The Bertz CT molecular complexity index is 857. The first-order valence-electron chi connectivity index (χ1n) is 10.5. The summed E-state index contributed by atoms with van der Waals surface area (Å²) in [6.45, 7) is 5.85. The summed E-state index contributed by atoms with van der Waals surface area (Å²) >= 11 is 0. The molecule has 1 fully saturated rings. The van der Waals surface area contributed by atoms with Crippen molar-refractivity contribution in [3.05, 3.63) is 77.4 Å². The van der Waals surface area contributed by atoms with Gasteiger partial charge >= 0.3 is 6.09 Å². The SMILES string of the molecule is CC(C)Cc1ccc(C2=CC3COCC(C2)N3C(=O)OCc2ccccc2)cc1. The zero-order valence-corrected chi connectivity index (χ0v) is 17.2. The number of nitrogens with zero attached hydrogens (tertiary/aromatic N) is 1. The Morgan fingerprint density at radius 3 is 2.52 bits per heavy atom. The predicted molar refractivity (Wildman–Crippen MR) is 114 cm³/mol. The second-order valence-electron chi connectivity index (χ2n) is 8.40. The molecule has 2 heterocycles. The van der Waals surface area contributed by atoms with Crippen molar-refractivity contribution in [2.24, 2.45) is 5.92 Å². The molecule has 2 aromatic rings. The minimum atomic E-state index is -0.255. The summed E-state index contributed by atoms with van der Waals surface area (Å²) in [6, 6.07) is 18.6. The third-order valence-corrected chi connectivity index (χ3v) is 5.58. The fourth-order valence-corrected chi connectivity index (χ4v) is 4.21. The van der Waals surface area contributed by atoms with Gasteiger partial charge in [-0.1, -0.05) is 74.5 Å². The van der Waals surface area contributed by atoms with Gasteiger partial charge in [-0.25, -0.2) is 4.79 Å². The third-order valence-electron chi connectivity index (χ3n) is 5.58. The molecule has 0 N–H and O–H groups in total. The van der Waals surface area contributed by atoms with Gasteiger partial charge < -0.3 is 9.47 Å². The maximum atomic E-state index is 12.8. The van der Waals surface area contributed by atoms with E-state index >= 15 is 0 Å². The van der Waals surface area contributed by atoms with E-state index < -0.39 is 0 Å². The van der Waals surface area contributed by atoms with Crippen LogP contribution in [0.5, 0.6) is 0 Å². The number of benzene rings is 2. The molecule has 4 heteroatoms. The lowest BCUT2D eigenvalue weighted by molar-refractivity contribution is -0.0342. The number of carbonyl (C=O) groups is 1. The molecule has 152 valence electrons. The summed E-state index contributed by atoms with van der Waals surface area (Å²) in [4.78, 5) is 14.7. The maximum absolute atomic E-state index is 12.8. The lowest BCUT2D eigenvalue weighted by Gasteiger charge is -2.43. The number of hydrogen-bond acceptors (Lipinski definition) is 3. The first kappa shape index (κ1) is 19.7. The summed E-state index contributed by atoms with van der Waals surface area (Å²) in [7, 11) is 0. The Labute approximate surface area is 173 Å². The molecule has 2 aliphatic rings. The van der Waals surface area contributed by atoms with E-state index in [1.54, 1.807) is 0 Å². The van der Waals surface area contributed by atoms with E-state index in [1.807, 2.05) is 35.2 Å². The number of rotatable bonds is 5. The normalized spacial score (nSPS) is 21.1. The second kappa shape index (κ2) is 8.83. The zero-order chi connectivity index (χ0) is 20.2. The fraction of sp³-hybridized carbons (Fsp3) is 0.400. The molecule has 0 spiro atoms. The van der Waals surface area contributed by atoms with Crippen LogP contribution < -0.4 is 0 Å². The Morgan fingerprint density at radius 2 is 1.83 bits per heavy atom. The molecule has 2 atom stereocenters. The summed E-state index contributed by atoms with van der Waals surface area (Å²) in [6.07, 6.45) is 3.81. The Balaban J connectivity index is 1.46. The smallest absolute Gasteiger partial charge is 0.411 e. The van der Waals surface area contributed by atoms with Crippen LogP contribution in [0.15, 0.2) is 60.7 Å². The van der Waals surface area contributed by atoms with Crippen LogP contribution in [0.4, 0.5) is 4.79 Å². The molecule has 1 amide bonds.